The van der Waals surface area contributed by atoms with E-state index in [1.807, 2.05) is 39.0 Å². The highest BCUT2D eigenvalue weighted by Crippen LogP contribution is 2.35. The Morgan fingerprint density at radius 2 is 2.12 bits per heavy atom. The summed E-state index contributed by atoms with van der Waals surface area (Å²) >= 11 is 6.60. The minimum atomic E-state index is -0.506. The van der Waals surface area contributed by atoms with Gasteiger partial charge in [0.2, 0.25) is 0 Å². The summed E-state index contributed by atoms with van der Waals surface area (Å²) < 4.78 is 12.5. The third-order valence-electron chi connectivity index (χ3n) is 2.61. The van der Waals surface area contributed by atoms with Gasteiger partial charge in [-0.25, -0.2) is 9.78 Å². The van der Waals surface area contributed by atoms with E-state index in [1.54, 1.807) is 25.1 Å². The topological polar surface area (TPSA) is 60.5 Å². The Morgan fingerprint density at radius 1 is 1.38 bits per heavy atom. The largest absolute Gasteiger partial charge is 0.497 e. The Hall–Kier alpha value is -1.25. The van der Waals surface area contributed by atoms with E-state index in [4.69, 9.17) is 9.47 Å². The molecule has 0 bridgehead atoms. The van der Waals surface area contributed by atoms with Crippen LogP contribution >= 0.6 is 39.0 Å². The van der Waals surface area contributed by atoms with Crippen molar-refractivity contribution in [3.63, 3.8) is 0 Å². The van der Waals surface area contributed by atoms with Gasteiger partial charge in [0.15, 0.2) is 0 Å². The van der Waals surface area contributed by atoms with Crippen molar-refractivity contribution in [2.24, 2.45) is 0 Å². The van der Waals surface area contributed by atoms with Crippen LogP contribution in [0.5, 0.6) is 5.75 Å². The third-order valence-corrected chi connectivity index (χ3v) is 5.14. The van der Waals surface area contributed by atoms with E-state index in [9.17, 15) is 4.79 Å². The summed E-state index contributed by atoms with van der Waals surface area (Å²) in [5.74, 6) is 0.795. The number of carbonyl (C=O) groups is 1. The highest BCUT2D eigenvalue weighted by atomic mass is 79.9. The lowest BCUT2D eigenvalue weighted by Crippen LogP contribution is -2.32. The molecular weight excluding hydrogens is 412 g/mol. The number of carbonyl (C=O) groups excluding carboxylic acids is 1. The molecule has 130 valence electrons. The molecule has 0 fully saturated rings. The molecule has 0 spiro atoms. The lowest BCUT2D eigenvalue weighted by Gasteiger charge is -2.19. The maximum atomic E-state index is 11.7. The first-order valence-electron chi connectivity index (χ1n) is 7.19. The van der Waals surface area contributed by atoms with Crippen molar-refractivity contribution < 1.29 is 14.3 Å². The van der Waals surface area contributed by atoms with Gasteiger partial charge in [0.25, 0.3) is 0 Å². The Bertz CT molecular complexity index is 714. The van der Waals surface area contributed by atoms with Crippen molar-refractivity contribution in [2.45, 2.75) is 42.0 Å². The Kier molecular flexibility index (Phi) is 6.54. The first-order valence-corrected chi connectivity index (χ1v) is 9.62. The van der Waals surface area contributed by atoms with E-state index < -0.39 is 11.7 Å². The zero-order chi connectivity index (χ0) is 17.7. The SMILES string of the molecule is COc1cc(Br)cc(Sc2cnc(CNC(=O)OC(C)(C)C)s2)c1. The van der Waals surface area contributed by atoms with Gasteiger partial charge in [0, 0.05) is 9.37 Å². The van der Waals surface area contributed by atoms with Crippen LogP contribution in [0.4, 0.5) is 4.79 Å². The highest BCUT2D eigenvalue weighted by molar-refractivity contribution is 9.10. The molecule has 5 nitrogen and oxygen atoms in total. The molecule has 0 saturated carbocycles. The summed E-state index contributed by atoms with van der Waals surface area (Å²) in [4.78, 5) is 17.0. The molecule has 8 heteroatoms. The van der Waals surface area contributed by atoms with E-state index in [0.29, 0.717) is 6.54 Å². The average Bonchev–Trinajstić information content (AvgIpc) is 2.90. The fraction of sp³-hybridized carbons (Fsp3) is 0.375. The second-order valence-corrected chi connectivity index (χ2v) is 9.26. The number of alkyl carbamates (subject to hydrolysis) is 1. The number of nitrogens with one attached hydrogen (secondary N) is 1. The number of benzene rings is 1. The summed E-state index contributed by atoms with van der Waals surface area (Å²) in [5.41, 5.74) is -0.506. The van der Waals surface area contributed by atoms with E-state index in [1.165, 1.54) is 11.3 Å². The van der Waals surface area contributed by atoms with Crippen LogP contribution < -0.4 is 10.1 Å². The predicted octanol–water partition coefficient (Wildman–Crippen LogP) is 5.09. The normalized spacial score (nSPS) is 11.2. The van der Waals surface area contributed by atoms with Gasteiger partial charge < -0.3 is 14.8 Å². The molecule has 1 N–H and O–H groups in total. The van der Waals surface area contributed by atoms with Crippen molar-refractivity contribution >= 4 is 45.1 Å². The first kappa shape index (κ1) is 19.1. The molecule has 24 heavy (non-hydrogen) atoms. The van der Waals surface area contributed by atoms with E-state index in [-0.39, 0.29) is 0 Å². The van der Waals surface area contributed by atoms with Crippen LogP contribution in [0.3, 0.4) is 0 Å². The quantitative estimate of drug-likeness (QED) is 0.715. The zero-order valence-electron chi connectivity index (χ0n) is 13.9. The van der Waals surface area contributed by atoms with Crippen LogP contribution in [0.25, 0.3) is 0 Å². The lowest BCUT2D eigenvalue weighted by molar-refractivity contribution is 0.0523. The molecule has 1 aromatic carbocycles. The van der Waals surface area contributed by atoms with Gasteiger partial charge in [-0.3, -0.25) is 0 Å². The van der Waals surface area contributed by atoms with Crippen LogP contribution in [-0.4, -0.2) is 23.8 Å². The van der Waals surface area contributed by atoms with Crippen LogP contribution in [0, 0.1) is 0 Å². The zero-order valence-corrected chi connectivity index (χ0v) is 17.1. The minimum absolute atomic E-state index is 0.349. The number of rotatable bonds is 5. The van der Waals surface area contributed by atoms with Gasteiger partial charge >= 0.3 is 6.09 Å². The molecule has 0 radical (unpaired) electrons. The number of hydrogen-bond donors (Lipinski definition) is 1. The molecule has 1 amide bonds. The number of halogens is 1. The maximum absolute atomic E-state index is 11.7. The number of aromatic nitrogens is 1. The van der Waals surface area contributed by atoms with Crippen molar-refractivity contribution in [3.8, 4) is 5.75 Å². The molecule has 0 unspecified atom stereocenters. The van der Waals surface area contributed by atoms with E-state index in [2.05, 4.69) is 26.2 Å². The molecule has 2 rings (SSSR count). The van der Waals surface area contributed by atoms with E-state index >= 15 is 0 Å². The fourth-order valence-electron chi connectivity index (χ4n) is 1.71. The molecule has 0 atom stereocenters. The standard InChI is InChI=1S/C16H19BrN2O3S2/c1-16(2,3)22-15(20)19-8-13-18-9-14(24-13)23-12-6-10(17)5-11(7-12)21-4/h5-7,9H,8H2,1-4H3,(H,19,20). The van der Waals surface area contributed by atoms with E-state index in [0.717, 1.165) is 24.3 Å². The number of nitrogens with zero attached hydrogens (tertiary/aromatic N) is 1. The number of methoxy groups -OCH3 is 1. The Balaban J connectivity index is 1.94. The number of ether oxygens (including phenoxy) is 2. The van der Waals surface area contributed by atoms with Gasteiger partial charge in [0.05, 0.1) is 24.1 Å². The summed E-state index contributed by atoms with van der Waals surface area (Å²) in [6.45, 7) is 5.84. The lowest BCUT2D eigenvalue weighted by atomic mass is 10.2. The van der Waals surface area contributed by atoms with Gasteiger partial charge in [-0.05, 0) is 39.0 Å². The number of amides is 1. The monoisotopic (exact) mass is 430 g/mol. The first-order chi connectivity index (χ1) is 11.2. The average molecular weight is 431 g/mol. The molecule has 0 aliphatic heterocycles. The summed E-state index contributed by atoms with van der Waals surface area (Å²) in [7, 11) is 1.64. The Morgan fingerprint density at radius 3 is 2.79 bits per heavy atom. The van der Waals surface area contributed by atoms with Crippen LogP contribution in [0.2, 0.25) is 0 Å². The van der Waals surface area contributed by atoms with Crippen LogP contribution in [0.15, 0.2) is 38.0 Å². The maximum Gasteiger partial charge on any atom is 0.408 e. The highest BCUT2D eigenvalue weighted by Gasteiger charge is 2.16. The molecule has 1 aromatic heterocycles. The summed E-state index contributed by atoms with van der Waals surface area (Å²) in [6.07, 6.45) is 1.36. The molecule has 2 aromatic rings. The van der Waals surface area contributed by atoms with Crippen molar-refractivity contribution in [1.82, 2.24) is 10.3 Å². The number of hydrogen-bond acceptors (Lipinski definition) is 6. The number of thiazole rings is 1. The summed E-state index contributed by atoms with van der Waals surface area (Å²) in [5, 5.41) is 3.53. The molecule has 1 heterocycles. The second-order valence-electron chi connectivity index (χ2n) is 5.86. The Labute approximate surface area is 158 Å². The summed E-state index contributed by atoms with van der Waals surface area (Å²) in [6, 6.07) is 5.90. The van der Waals surface area contributed by atoms with Crippen molar-refractivity contribution in [3.05, 3.63) is 33.9 Å². The van der Waals surface area contributed by atoms with Gasteiger partial charge in [-0.15, -0.1) is 11.3 Å². The fourth-order valence-corrected chi connectivity index (χ4v) is 4.37. The van der Waals surface area contributed by atoms with Crippen molar-refractivity contribution in [1.29, 1.82) is 0 Å². The van der Waals surface area contributed by atoms with Gasteiger partial charge in [-0.1, -0.05) is 27.7 Å². The van der Waals surface area contributed by atoms with Crippen LogP contribution in [-0.2, 0) is 11.3 Å². The minimum Gasteiger partial charge on any atom is -0.497 e. The van der Waals surface area contributed by atoms with Crippen molar-refractivity contribution in [2.75, 3.05) is 7.11 Å². The van der Waals surface area contributed by atoms with Gasteiger partial charge in [-0.2, -0.15) is 0 Å². The predicted molar refractivity (Wildman–Crippen MR) is 100 cm³/mol. The molecule has 0 saturated heterocycles. The third kappa shape index (κ3) is 6.33. The smallest absolute Gasteiger partial charge is 0.408 e. The van der Waals surface area contributed by atoms with Gasteiger partial charge in [0.1, 0.15) is 16.4 Å². The molecule has 0 aliphatic rings. The molecule has 0 aliphatic carbocycles. The second kappa shape index (κ2) is 8.22. The van der Waals surface area contributed by atoms with Crippen LogP contribution in [0.1, 0.15) is 25.8 Å². The molecular formula is C16H19BrN2O3S2.